The number of ether oxygens (including phenoxy) is 1. The van der Waals surface area contributed by atoms with Crippen molar-refractivity contribution in [3.05, 3.63) is 88.7 Å². The lowest BCUT2D eigenvalue weighted by Crippen LogP contribution is -2.19. The maximum absolute atomic E-state index is 12.8. The Morgan fingerprint density at radius 2 is 1.76 bits per heavy atom. The topological polar surface area (TPSA) is 61.1 Å². The number of hydrogen-bond donors (Lipinski definition) is 1. The van der Waals surface area contributed by atoms with Crippen LogP contribution in [0.5, 0.6) is 5.75 Å². The number of nitrogens with zero attached hydrogens (tertiary/aromatic N) is 3. The molecule has 0 radical (unpaired) electrons. The summed E-state index contributed by atoms with van der Waals surface area (Å²) in [6.45, 7) is 6.62. The van der Waals surface area contributed by atoms with E-state index in [9.17, 15) is 4.79 Å². The first-order valence-corrected chi connectivity index (χ1v) is 11.2. The third kappa shape index (κ3) is 5.04. The van der Waals surface area contributed by atoms with Crippen molar-refractivity contribution >= 4 is 23.8 Å². The Labute approximate surface area is 198 Å². The summed E-state index contributed by atoms with van der Waals surface area (Å²) in [6.07, 6.45) is 0. The molecule has 0 aliphatic heterocycles. The van der Waals surface area contributed by atoms with Crippen molar-refractivity contribution in [2.24, 2.45) is 0 Å². The van der Waals surface area contributed by atoms with Crippen LogP contribution in [0.15, 0.2) is 72.8 Å². The van der Waals surface area contributed by atoms with Gasteiger partial charge in [-0.3, -0.25) is 9.36 Å². The molecule has 1 heterocycles. The van der Waals surface area contributed by atoms with Gasteiger partial charge in [0.15, 0.2) is 5.82 Å². The van der Waals surface area contributed by atoms with Crippen LogP contribution in [0.2, 0.25) is 0 Å². The molecule has 6 nitrogen and oxygen atoms in total. The standard InChI is InChI=1S/C26H26N4O2S/c1-4-32-22-14-12-21(13-15-22)27-24(31)17-29-26(33)30(23-16-18(2)10-11-19(23)3)25(28-29)20-8-6-5-7-9-20/h5-16H,4,17H2,1-3H3,(H,27,31). The molecule has 1 amide bonds. The summed E-state index contributed by atoms with van der Waals surface area (Å²) in [5.41, 5.74) is 4.77. The number of nitrogens with one attached hydrogen (secondary N) is 1. The quantitative estimate of drug-likeness (QED) is 0.360. The molecule has 4 aromatic rings. The SMILES string of the molecule is CCOc1ccc(NC(=O)Cn2nc(-c3ccccc3)n(-c3cc(C)ccc3C)c2=S)cc1. The zero-order valence-electron chi connectivity index (χ0n) is 18.9. The van der Waals surface area contributed by atoms with Gasteiger partial charge < -0.3 is 10.1 Å². The first-order chi connectivity index (χ1) is 16.0. The highest BCUT2D eigenvalue weighted by Crippen LogP contribution is 2.25. The fourth-order valence-electron chi connectivity index (χ4n) is 3.60. The van der Waals surface area contributed by atoms with Crippen molar-refractivity contribution in [3.8, 4) is 22.8 Å². The maximum atomic E-state index is 12.8. The number of rotatable bonds is 7. The van der Waals surface area contributed by atoms with Crippen LogP contribution in [0.25, 0.3) is 17.1 Å². The van der Waals surface area contributed by atoms with E-state index in [1.807, 2.05) is 79.9 Å². The minimum absolute atomic E-state index is 0.00371. The molecule has 0 saturated carbocycles. The zero-order valence-corrected chi connectivity index (χ0v) is 19.7. The lowest BCUT2D eigenvalue weighted by atomic mass is 10.1. The molecule has 0 bridgehead atoms. The highest BCUT2D eigenvalue weighted by atomic mass is 32.1. The van der Waals surface area contributed by atoms with Crippen molar-refractivity contribution in [2.45, 2.75) is 27.3 Å². The van der Waals surface area contributed by atoms with Crippen molar-refractivity contribution in [3.63, 3.8) is 0 Å². The van der Waals surface area contributed by atoms with Crippen molar-refractivity contribution in [1.82, 2.24) is 14.3 Å². The average Bonchev–Trinajstić information content (AvgIpc) is 3.13. The molecular weight excluding hydrogens is 432 g/mol. The molecule has 0 saturated heterocycles. The molecule has 0 unspecified atom stereocenters. The van der Waals surface area contributed by atoms with Crippen molar-refractivity contribution in [1.29, 1.82) is 0 Å². The largest absolute Gasteiger partial charge is 0.494 e. The van der Waals surface area contributed by atoms with E-state index in [1.54, 1.807) is 4.68 Å². The molecule has 0 spiro atoms. The van der Waals surface area contributed by atoms with E-state index in [2.05, 4.69) is 23.5 Å². The number of aromatic nitrogens is 3. The number of anilines is 1. The maximum Gasteiger partial charge on any atom is 0.246 e. The lowest BCUT2D eigenvalue weighted by molar-refractivity contribution is -0.116. The fourth-order valence-corrected chi connectivity index (χ4v) is 3.89. The molecule has 0 aliphatic rings. The molecule has 4 rings (SSSR count). The van der Waals surface area contributed by atoms with Crippen LogP contribution in [0, 0.1) is 18.6 Å². The summed E-state index contributed by atoms with van der Waals surface area (Å²) < 4.78 is 9.43. The summed E-state index contributed by atoms with van der Waals surface area (Å²) in [4.78, 5) is 12.8. The Balaban J connectivity index is 1.68. The number of benzene rings is 3. The second-order valence-electron chi connectivity index (χ2n) is 7.76. The van der Waals surface area contributed by atoms with Gasteiger partial charge in [-0.1, -0.05) is 42.5 Å². The van der Waals surface area contributed by atoms with Crippen molar-refractivity contribution < 1.29 is 9.53 Å². The number of carbonyl (C=O) groups excluding carboxylic acids is 1. The summed E-state index contributed by atoms with van der Waals surface area (Å²) in [5, 5.41) is 7.65. The number of amides is 1. The van der Waals surface area contributed by atoms with E-state index in [0.29, 0.717) is 22.9 Å². The molecule has 7 heteroatoms. The van der Waals surface area contributed by atoms with E-state index in [-0.39, 0.29) is 12.5 Å². The van der Waals surface area contributed by atoms with Gasteiger partial charge in [-0.25, -0.2) is 4.68 Å². The van der Waals surface area contributed by atoms with E-state index in [0.717, 1.165) is 28.1 Å². The van der Waals surface area contributed by atoms with Gasteiger partial charge in [0.05, 0.1) is 12.3 Å². The minimum Gasteiger partial charge on any atom is -0.494 e. The second-order valence-corrected chi connectivity index (χ2v) is 8.13. The molecule has 0 fully saturated rings. The van der Waals surface area contributed by atoms with Gasteiger partial charge in [0.2, 0.25) is 10.7 Å². The number of carbonyl (C=O) groups is 1. The second kappa shape index (κ2) is 9.83. The Morgan fingerprint density at radius 3 is 2.45 bits per heavy atom. The Kier molecular flexibility index (Phi) is 6.70. The monoisotopic (exact) mass is 458 g/mol. The summed E-state index contributed by atoms with van der Waals surface area (Å²) >= 11 is 5.79. The third-order valence-corrected chi connectivity index (χ3v) is 5.61. The van der Waals surface area contributed by atoms with Gasteiger partial charge in [-0.2, -0.15) is 5.10 Å². The molecule has 3 aromatic carbocycles. The molecule has 0 aliphatic carbocycles. The van der Waals surface area contributed by atoms with Crippen molar-refractivity contribution in [2.75, 3.05) is 11.9 Å². The van der Waals surface area contributed by atoms with Crippen LogP contribution in [0.1, 0.15) is 18.1 Å². The highest BCUT2D eigenvalue weighted by molar-refractivity contribution is 7.71. The Bertz CT molecular complexity index is 1320. The van der Waals surface area contributed by atoms with Crippen LogP contribution >= 0.6 is 12.2 Å². The summed E-state index contributed by atoms with van der Waals surface area (Å²) in [7, 11) is 0. The lowest BCUT2D eigenvalue weighted by Gasteiger charge is -2.11. The van der Waals surface area contributed by atoms with Crippen LogP contribution in [-0.2, 0) is 11.3 Å². The van der Waals surface area contributed by atoms with Crippen LogP contribution < -0.4 is 10.1 Å². The highest BCUT2D eigenvalue weighted by Gasteiger charge is 2.17. The van der Waals surface area contributed by atoms with Gasteiger partial charge in [0.25, 0.3) is 0 Å². The number of hydrogen-bond acceptors (Lipinski definition) is 4. The smallest absolute Gasteiger partial charge is 0.246 e. The van der Waals surface area contributed by atoms with E-state index < -0.39 is 0 Å². The van der Waals surface area contributed by atoms with Gasteiger partial charge in [0.1, 0.15) is 12.3 Å². The van der Waals surface area contributed by atoms with E-state index in [4.69, 9.17) is 22.1 Å². The Hall–Kier alpha value is -3.71. The molecule has 33 heavy (non-hydrogen) atoms. The van der Waals surface area contributed by atoms with E-state index in [1.165, 1.54) is 0 Å². The van der Waals surface area contributed by atoms with Crippen LogP contribution in [0.4, 0.5) is 5.69 Å². The molecule has 0 atom stereocenters. The third-order valence-electron chi connectivity index (χ3n) is 5.22. The first kappa shape index (κ1) is 22.5. The minimum atomic E-state index is -0.208. The van der Waals surface area contributed by atoms with Crippen LogP contribution in [0.3, 0.4) is 0 Å². The van der Waals surface area contributed by atoms with Gasteiger partial charge in [-0.05, 0) is 74.4 Å². The zero-order chi connectivity index (χ0) is 23.4. The fraction of sp³-hybridized carbons (Fsp3) is 0.192. The van der Waals surface area contributed by atoms with E-state index >= 15 is 0 Å². The molecule has 1 aromatic heterocycles. The first-order valence-electron chi connectivity index (χ1n) is 10.8. The predicted octanol–water partition coefficient (Wildman–Crippen LogP) is 5.72. The molecule has 168 valence electrons. The molecular formula is C26H26N4O2S. The van der Waals surface area contributed by atoms with Gasteiger partial charge in [-0.15, -0.1) is 0 Å². The normalized spacial score (nSPS) is 10.8. The van der Waals surface area contributed by atoms with Gasteiger partial charge in [0, 0.05) is 11.3 Å². The molecule has 1 N–H and O–H groups in total. The number of aryl methyl sites for hydroxylation is 2. The average molecular weight is 459 g/mol. The van der Waals surface area contributed by atoms with Crippen LogP contribution in [-0.4, -0.2) is 26.9 Å². The summed E-state index contributed by atoms with van der Waals surface area (Å²) in [5.74, 6) is 1.25. The van der Waals surface area contributed by atoms with Gasteiger partial charge >= 0.3 is 0 Å². The Morgan fingerprint density at radius 1 is 1.03 bits per heavy atom. The summed E-state index contributed by atoms with van der Waals surface area (Å²) in [6, 6.07) is 23.4. The predicted molar refractivity (Wildman–Crippen MR) is 134 cm³/mol.